The van der Waals surface area contributed by atoms with Crippen molar-refractivity contribution in [2.75, 3.05) is 6.54 Å². The van der Waals surface area contributed by atoms with Crippen LogP contribution in [-0.2, 0) is 19.6 Å². The van der Waals surface area contributed by atoms with Gasteiger partial charge < -0.3 is 5.32 Å². The lowest BCUT2D eigenvalue weighted by Crippen LogP contribution is -2.26. The summed E-state index contributed by atoms with van der Waals surface area (Å²) in [5, 5.41) is 6.58. The summed E-state index contributed by atoms with van der Waals surface area (Å²) >= 11 is 0.407. The van der Waals surface area contributed by atoms with Gasteiger partial charge in [-0.1, -0.05) is 0 Å². The molecule has 0 aliphatic carbocycles. The molecule has 1 N–H and O–H groups in total. The number of aryl methyl sites for hydroxylation is 1. The highest BCUT2D eigenvalue weighted by molar-refractivity contribution is 7.09. The highest BCUT2D eigenvalue weighted by Crippen LogP contribution is 2.31. The molecule has 0 radical (unpaired) electrons. The van der Waals surface area contributed by atoms with Crippen molar-refractivity contribution in [3.8, 4) is 0 Å². The Balaban J connectivity index is 1.89. The molecule has 0 aromatic carbocycles. The summed E-state index contributed by atoms with van der Waals surface area (Å²) in [4.78, 5) is 14.9. The topological polar surface area (TPSA) is 59.8 Å². The van der Waals surface area contributed by atoms with Gasteiger partial charge in [-0.25, -0.2) is 4.98 Å². The smallest absolute Gasteiger partial charge is 0.350 e. The molecule has 0 saturated carbocycles. The third-order valence-corrected chi connectivity index (χ3v) is 3.46. The molecule has 108 valence electrons. The normalized spacial score (nSPS) is 11.6. The van der Waals surface area contributed by atoms with Crippen LogP contribution in [0.5, 0.6) is 0 Å². The van der Waals surface area contributed by atoms with Gasteiger partial charge in [-0.2, -0.15) is 18.3 Å². The molecule has 2 rings (SSSR count). The average Bonchev–Trinajstić information content (AvgIpc) is 2.98. The van der Waals surface area contributed by atoms with Crippen LogP contribution in [0.25, 0.3) is 0 Å². The van der Waals surface area contributed by atoms with Gasteiger partial charge in [0.15, 0.2) is 5.01 Å². The zero-order valence-corrected chi connectivity index (χ0v) is 11.3. The summed E-state index contributed by atoms with van der Waals surface area (Å²) in [6.45, 7) is 0.303. The van der Waals surface area contributed by atoms with Gasteiger partial charge in [-0.05, 0) is 6.07 Å². The van der Waals surface area contributed by atoms with E-state index in [1.54, 1.807) is 24.0 Å². The minimum absolute atomic E-state index is 0.215. The molecule has 2 heterocycles. The van der Waals surface area contributed by atoms with E-state index in [-0.39, 0.29) is 5.69 Å². The Labute approximate surface area is 116 Å². The van der Waals surface area contributed by atoms with Crippen LogP contribution in [0.2, 0.25) is 0 Å². The molecule has 0 saturated heterocycles. The molecule has 2 aromatic heterocycles. The molecule has 0 atom stereocenters. The predicted molar refractivity (Wildman–Crippen MR) is 66.4 cm³/mol. The van der Waals surface area contributed by atoms with Gasteiger partial charge in [0, 0.05) is 37.3 Å². The van der Waals surface area contributed by atoms with E-state index in [2.05, 4.69) is 15.4 Å². The third-order valence-electron chi connectivity index (χ3n) is 2.57. The summed E-state index contributed by atoms with van der Waals surface area (Å²) in [6.07, 6.45) is -2.34. The van der Waals surface area contributed by atoms with Crippen LogP contribution in [0, 0.1) is 0 Å². The summed E-state index contributed by atoms with van der Waals surface area (Å²) in [5.41, 5.74) is 0.701. The largest absolute Gasteiger partial charge is 0.443 e. The Morgan fingerprint density at radius 2 is 2.25 bits per heavy atom. The number of hydrogen-bond acceptors (Lipinski definition) is 4. The summed E-state index contributed by atoms with van der Waals surface area (Å²) in [5.74, 6) is -0.612. The van der Waals surface area contributed by atoms with E-state index < -0.39 is 17.1 Å². The van der Waals surface area contributed by atoms with Gasteiger partial charge in [-0.3, -0.25) is 9.48 Å². The molecule has 2 aromatic rings. The number of nitrogens with zero attached hydrogens (tertiary/aromatic N) is 3. The Morgan fingerprint density at radius 1 is 1.50 bits per heavy atom. The Bertz CT molecular complexity index is 605. The molecule has 5 nitrogen and oxygen atoms in total. The monoisotopic (exact) mass is 304 g/mol. The Hall–Kier alpha value is -1.90. The lowest BCUT2D eigenvalue weighted by Gasteiger charge is -2.04. The average molecular weight is 304 g/mol. The number of thiazole rings is 1. The van der Waals surface area contributed by atoms with Crippen LogP contribution in [0.1, 0.15) is 21.2 Å². The van der Waals surface area contributed by atoms with Gasteiger partial charge >= 0.3 is 6.18 Å². The molecular weight excluding hydrogens is 293 g/mol. The number of alkyl halides is 3. The number of halogens is 3. The molecule has 1 amide bonds. The summed E-state index contributed by atoms with van der Waals surface area (Å²) in [6, 6.07) is 1.80. The van der Waals surface area contributed by atoms with Crippen molar-refractivity contribution in [1.29, 1.82) is 0 Å². The van der Waals surface area contributed by atoms with Crippen molar-refractivity contribution in [2.45, 2.75) is 12.6 Å². The standard InChI is InChI=1S/C11H11F3N4OS/c1-18-7(3-5-16-18)2-4-15-9(19)8-6-20-10(17-8)11(12,13)14/h3,5-6H,2,4H2,1H3,(H,15,19). The minimum atomic E-state index is -4.52. The minimum Gasteiger partial charge on any atom is -0.350 e. The van der Waals surface area contributed by atoms with E-state index in [0.717, 1.165) is 11.1 Å². The quantitative estimate of drug-likeness (QED) is 0.938. The van der Waals surface area contributed by atoms with Crippen LogP contribution < -0.4 is 5.32 Å². The van der Waals surface area contributed by atoms with Gasteiger partial charge in [0.1, 0.15) is 5.69 Å². The number of nitrogens with one attached hydrogen (secondary N) is 1. The number of aromatic nitrogens is 3. The van der Waals surface area contributed by atoms with Crippen LogP contribution in [0.4, 0.5) is 13.2 Å². The molecule has 20 heavy (non-hydrogen) atoms. The van der Waals surface area contributed by atoms with Crippen LogP contribution >= 0.6 is 11.3 Å². The fraction of sp³-hybridized carbons (Fsp3) is 0.364. The second kappa shape index (κ2) is 5.61. The van der Waals surface area contributed by atoms with Gasteiger partial charge in [0.2, 0.25) is 0 Å². The fourth-order valence-corrected chi connectivity index (χ4v) is 2.22. The van der Waals surface area contributed by atoms with Crippen LogP contribution in [0.3, 0.4) is 0 Å². The van der Waals surface area contributed by atoms with E-state index in [9.17, 15) is 18.0 Å². The molecule has 0 aliphatic rings. The van der Waals surface area contributed by atoms with Crippen molar-refractivity contribution in [3.05, 3.63) is 34.0 Å². The molecular formula is C11H11F3N4OS. The maximum absolute atomic E-state index is 12.4. The first-order chi connectivity index (χ1) is 9.38. The van der Waals surface area contributed by atoms with Crippen LogP contribution in [-0.4, -0.2) is 27.2 Å². The van der Waals surface area contributed by atoms with E-state index >= 15 is 0 Å². The van der Waals surface area contributed by atoms with E-state index in [0.29, 0.717) is 24.3 Å². The Morgan fingerprint density at radius 3 is 2.80 bits per heavy atom. The molecule has 0 aliphatic heterocycles. The fourth-order valence-electron chi connectivity index (χ4n) is 1.55. The number of amides is 1. The zero-order chi connectivity index (χ0) is 14.8. The first kappa shape index (κ1) is 14.5. The summed E-state index contributed by atoms with van der Waals surface area (Å²) < 4.78 is 38.7. The van der Waals surface area contributed by atoms with Crippen molar-refractivity contribution < 1.29 is 18.0 Å². The molecule has 9 heteroatoms. The maximum atomic E-state index is 12.4. The first-order valence-electron chi connectivity index (χ1n) is 5.65. The predicted octanol–water partition coefficient (Wildman–Crippen LogP) is 1.87. The maximum Gasteiger partial charge on any atom is 0.443 e. The molecule has 0 unspecified atom stereocenters. The lowest BCUT2D eigenvalue weighted by molar-refractivity contribution is -0.137. The van der Waals surface area contributed by atoms with Gasteiger partial charge in [0.05, 0.1) is 0 Å². The van der Waals surface area contributed by atoms with Crippen molar-refractivity contribution in [2.24, 2.45) is 7.05 Å². The number of hydrogen-bond donors (Lipinski definition) is 1. The SMILES string of the molecule is Cn1nccc1CCNC(=O)c1csc(C(F)(F)F)n1. The first-order valence-corrected chi connectivity index (χ1v) is 6.53. The Kier molecular flexibility index (Phi) is 4.07. The lowest BCUT2D eigenvalue weighted by atomic mass is 10.3. The van der Waals surface area contributed by atoms with Crippen molar-refractivity contribution in [1.82, 2.24) is 20.1 Å². The highest BCUT2D eigenvalue weighted by Gasteiger charge is 2.35. The van der Waals surface area contributed by atoms with Gasteiger partial charge in [-0.15, -0.1) is 11.3 Å². The van der Waals surface area contributed by atoms with Crippen LogP contribution in [0.15, 0.2) is 17.6 Å². The zero-order valence-electron chi connectivity index (χ0n) is 10.4. The second-order valence-electron chi connectivity index (χ2n) is 3.99. The number of carbonyl (C=O) groups is 1. The van der Waals surface area contributed by atoms with Gasteiger partial charge in [0.25, 0.3) is 5.91 Å². The van der Waals surface area contributed by atoms with E-state index in [1.807, 2.05) is 0 Å². The molecule has 0 fully saturated rings. The number of carbonyl (C=O) groups excluding carboxylic acids is 1. The second-order valence-corrected chi connectivity index (χ2v) is 4.85. The molecule has 0 spiro atoms. The third kappa shape index (κ3) is 3.35. The van der Waals surface area contributed by atoms with Crippen molar-refractivity contribution in [3.63, 3.8) is 0 Å². The highest BCUT2D eigenvalue weighted by atomic mass is 32.1. The van der Waals surface area contributed by atoms with E-state index in [1.165, 1.54) is 0 Å². The number of rotatable bonds is 4. The van der Waals surface area contributed by atoms with E-state index in [4.69, 9.17) is 0 Å². The summed E-state index contributed by atoms with van der Waals surface area (Å²) in [7, 11) is 1.77. The van der Waals surface area contributed by atoms with Crippen molar-refractivity contribution >= 4 is 17.2 Å². The molecule has 0 bridgehead atoms.